The third-order valence-electron chi connectivity index (χ3n) is 6.13. The number of alkyl halides is 17. The van der Waals surface area contributed by atoms with Gasteiger partial charge in [0.15, 0.2) is 0 Å². The van der Waals surface area contributed by atoms with Crippen LogP contribution in [0.5, 0.6) is 0 Å². The molecule has 0 amide bonds. The predicted octanol–water partition coefficient (Wildman–Crippen LogP) is 5.37. The fourth-order valence-electron chi connectivity index (χ4n) is 4.13. The van der Waals surface area contributed by atoms with E-state index in [2.05, 4.69) is 0 Å². The molecule has 2 saturated carbocycles. The standard InChI is InChI=1S/C15H11F17O2/c16-8(17,5-2-3-1-4(5)7(34)6(3)33)9(18,19)10(20,21)11(22,23)12(24,25)13(26,27)14(28,29)15(30,31)32/h3-7,33-34H,1-2H2. The van der Waals surface area contributed by atoms with Crippen molar-refractivity contribution in [1.29, 1.82) is 0 Å². The average molecular weight is 546 g/mol. The molecule has 0 spiro atoms. The van der Waals surface area contributed by atoms with Crippen molar-refractivity contribution in [1.82, 2.24) is 0 Å². The van der Waals surface area contributed by atoms with E-state index < -0.39 is 90.4 Å². The number of hydrogen-bond acceptors (Lipinski definition) is 2. The van der Waals surface area contributed by atoms with Crippen molar-refractivity contribution in [3.63, 3.8) is 0 Å². The van der Waals surface area contributed by atoms with Gasteiger partial charge in [-0.15, -0.1) is 0 Å². The van der Waals surface area contributed by atoms with Crippen molar-refractivity contribution >= 4 is 0 Å². The third kappa shape index (κ3) is 3.23. The molecule has 0 aromatic rings. The zero-order valence-corrected chi connectivity index (χ0v) is 15.6. The Labute approximate surface area is 176 Å². The summed E-state index contributed by atoms with van der Waals surface area (Å²) in [6.07, 6.45) is -14.1. The third-order valence-corrected chi connectivity index (χ3v) is 6.13. The van der Waals surface area contributed by atoms with Crippen molar-refractivity contribution in [2.75, 3.05) is 0 Å². The molecular formula is C15H11F17O2. The van der Waals surface area contributed by atoms with Crippen LogP contribution in [0.2, 0.25) is 0 Å². The Balaban J connectivity index is 2.55. The van der Waals surface area contributed by atoms with Crippen molar-refractivity contribution < 1.29 is 84.9 Å². The van der Waals surface area contributed by atoms with E-state index in [9.17, 15) is 84.9 Å². The van der Waals surface area contributed by atoms with Crippen LogP contribution in [0.4, 0.5) is 74.6 Å². The maximum absolute atomic E-state index is 14.3. The fraction of sp³-hybridized carbons (Fsp3) is 1.00. The number of aliphatic hydroxyl groups excluding tert-OH is 2. The Hall–Kier alpha value is -1.27. The molecule has 5 unspecified atom stereocenters. The predicted molar refractivity (Wildman–Crippen MR) is 72.4 cm³/mol. The largest absolute Gasteiger partial charge is 0.460 e. The van der Waals surface area contributed by atoms with Crippen LogP contribution >= 0.6 is 0 Å². The molecule has 34 heavy (non-hydrogen) atoms. The number of fused-ring (bicyclic) bond motifs is 2. The number of halogens is 17. The van der Waals surface area contributed by atoms with Crippen LogP contribution in [0.3, 0.4) is 0 Å². The van der Waals surface area contributed by atoms with Gasteiger partial charge in [0.2, 0.25) is 0 Å². The molecule has 2 nitrogen and oxygen atoms in total. The van der Waals surface area contributed by atoms with E-state index in [0.29, 0.717) is 0 Å². The Kier molecular flexibility index (Phi) is 6.28. The Bertz CT molecular complexity index is 786. The Morgan fingerprint density at radius 3 is 1.12 bits per heavy atom. The van der Waals surface area contributed by atoms with Gasteiger partial charge in [-0.3, -0.25) is 0 Å². The van der Waals surface area contributed by atoms with Crippen LogP contribution in [0.25, 0.3) is 0 Å². The minimum absolute atomic E-state index is 0.757. The second kappa shape index (κ2) is 7.38. The fourth-order valence-corrected chi connectivity index (χ4v) is 4.13. The topological polar surface area (TPSA) is 40.5 Å². The monoisotopic (exact) mass is 546 g/mol. The summed E-state index contributed by atoms with van der Waals surface area (Å²) in [4.78, 5) is 0. The van der Waals surface area contributed by atoms with Crippen molar-refractivity contribution in [3.8, 4) is 0 Å². The van der Waals surface area contributed by atoms with Crippen LogP contribution < -0.4 is 0 Å². The van der Waals surface area contributed by atoms with Gasteiger partial charge in [-0.25, -0.2) is 0 Å². The SMILES string of the molecule is OC1C2CC(C1O)C(C(F)(F)C(F)(F)C(F)(F)C(F)(F)C(F)(F)C(F)(F)C(F)(F)C(F)(F)F)C2. The molecule has 2 aliphatic rings. The summed E-state index contributed by atoms with van der Waals surface area (Å²) in [6.45, 7) is 0. The van der Waals surface area contributed by atoms with Gasteiger partial charge in [-0.05, 0) is 24.7 Å². The van der Waals surface area contributed by atoms with Gasteiger partial charge in [0, 0.05) is 5.92 Å². The summed E-state index contributed by atoms with van der Waals surface area (Å²) in [5.74, 6) is -63.5. The molecule has 19 heteroatoms. The zero-order valence-electron chi connectivity index (χ0n) is 15.6. The summed E-state index contributed by atoms with van der Waals surface area (Å²) in [5.41, 5.74) is 0. The summed E-state index contributed by atoms with van der Waals surface area (Å²) in [7, 11) is 0. The van der Waals surface area contributed by atoms with E-state index in [4.69, 9.17) is 0 Å². The van der Waals surface area contributed by atoms with E-state index in [0.717, 1.165) is 0 Å². The molecule has 2 bridgehead atoms. The molecule has 2 N–H and O–H groups in total. The quantitative estimate of drug-likeness (QED) is 0.422. The highest BCUT2D eigenvalue weighted by atomic mass is 19.4. The van der Waals surface area contributed by atoms with Gasteiger partial charge in [-0.1, -0.05) is 0 Å². The lowest BCUT2D eigenvalue weighted by Crippen LogP contribution is -2.75. The van der Waals surface area contributed by atoms with Gasteiger partial charge in [-0.2, -0.15) is 74.6 Å². The molecule has 0 aliphatic heterocycles. The summed E-state index contributed by atoms with van der Waals surface area (Å²) in [5, 5.41) is 18.9. The molecule has 0 aromatic heterocycles. The second-order valence-corrected chi connectivity index (χ2v) is 8.05. The summed E-state index contributed by atoms with van der Waals surface area (Å²) in [6, 6.07) is 0. The first-order chi connectivity index (χ1) is 14.7. The molecule has 0 radical (unpaired) electrons. The van der Waals surface area contributed by atoms with Gasteiger partial charge in [0.1, 0.15) is 0 Å². The summed E-state index contributed by atoms with van der Waals surface area (Å²) >= 11 is 0. The molecule has 0 aromatic carbocycles. The van der Waals surface area contributed by atoms with Crippen molar-refractivity contribution in [2.24, 2.45) is 17.8 Å². The van der Waals surface area contributed by atoms with Crippen LogP contribution in [0.15, 0.2) is 0 Å². The normalized spacial score (nSPS) is 30.3. The van der Waals surface area contributed by atoms with Crippen molar-refractivity contribution in [2.45, 2.75) is 72.7 Å². The highest BCUT2D eigenvalue weighted by Gasteiger charge is 2.95. The van der Waals surface area contributed by atoms with Crippen LogP contribution in [0, 0.1) is 17.8 Å². The minimum atomic E-state index is -8.66. The van der Waals surface area contributed by atoms with E-state index in [1.807, 2.05) is 0 Å². The molecule has 0 saturated heterocycles. The maximum Gasteiger partial charge on any atom is 0.460 e. The molecular weight excluding hydrogens is 535 g/mol. The van der Waals surface area contributed by atoms with Crippen LogP contribution in [-0.4, -0.2) is 70.1 Å². The molecule has 5 atom stereocenters. The number of aliphatic hydroxyl groups is 2. The van der Waals surface area contributed by atoms with Gasteiger partial charge < -0.3 is 10.2 Å². The Morgan fingerprint density at radius 2 is 0.794 bits per heavy atom. The van der Waals surface area contributed by atoms with E-state index in [1.165, 1.54) is 0 Å². The first-order valence-electron chi connectivity index (χ1n) is 8.73. The molecule has 2 fully saturated rings. The first kappa shape index (κ1) is 29.0. The number of hydrogen-bond donors (Lipinski definition) is 2. The maximum atomic E-state index is 14.3. The second-order valence-electron chi connectivity index (χ2n) is 8.05. The highest BCUT2D eigenvalue weighted by molar-refractivity contribution is 5.17. The van der Waals surface area contributed by atoms with E-state index in [1.54, 1.807) is 0 Å². The van der Waals surface area contributed by atoms with Gasteiger partial charge in [0.25, 0.3) is 0 Å². The van der Waals surface area contributed by atoms with Crippen LogP contribution in [-0.2, 0) is 0 Å². The summed E-state index contributed by atoms with van der Waals surface area (Å²) < 4.78 is 226. The zero-order chi connectivity index (χ0) is 27.3. The molecule has 202 valence electrons. The molecule has 0 heterocycles. The molecule has 2 rings (SSSR count). The lowest BCUT2D eigenvalue weighted by molar-refractivity contribution is -0.464. The highest BCUT2D eigenvalue weighted by Crippen LogP contribution is 2.66. The van der Waals surface area contributed by atoms with E-state index >= 15 is 0 Å². The first-order valence-corrected chi connectivity index (χ1v) is 8.73. The van der Waals surface area contributed by atoms with Gasteiger partial charge >= 0.3 is 47.6 Å². The average Bonchev–Trinajstić information content (AvgIpc) is 3.20. The minimum Gasteiger partial charge on any atom is -0.390 e. The lowest BCUT2D eigenvalue weighted by Gasteiger charge is -2.45. The lowest BCUT2D eigenvalue weighted by atomic mass is 9.76. The molecule has 2 aliphatic carbocycles. The van der Waals surface area contributed by atoms with Crippen LogP contribution in [0.1, 0.15) is 12.8 Å². The number of rotatable bonds is 7. The Morgan fingerprint density at radius 1 is 0.441 bits per heavy atom. The van der Waals surface area contributed by atoms with Gasteiger partial charge in [0.05, 0.1) is 12.2 Å². The van der Waals surface area contributed by atoms with Crippen molar-refractivity contribution in [3.05, 3.63) is 0 Å². The van der Waals surface area contributed by atoms with E-state index in [-0.39, 0.29) is 0 Å². The smallest absolute Gasteiger partial charge is 0.390 e.